The molecule has 2 amide bonds. The molecule has 0 aliphatic heterocycles. The molecule has 0 heterocycles. The molecule has 4 rings (SSSR count). The Balaban J connectivity index is 1.52. The van der Waals surface area contributed by atoms with Gasteiger partial charge in [-0.2, -0.15) is 5.26 Å². The minimum atomic E-state index is -1.31. The van der Waals surface area contributed by atoms with E-state index in [2.05, 4.69) is 16.7 Å². The number of rotatable bonds is 5. The molecule has 2 aliphatic rings. The van der Waals surface area contributed by atoms with Crippen molar-refractivity contribution in [2.75, 3.05) is 5.32 Å². The zero-order valence-corrected chi connectivity index (χ0v) is 20.4. The summed E-state index contributed by atoms with van der Waals surface area (Å²) in [6.07, 6.45) is 1.18. The number of hydrogen-bond acceptors (Lipinski definition) is 3. The summed E-state index contributed by atoms with van der Waals surface area (Å²) in [6, 6.07) is 10.1. The smallest absolute Gasteiger partial charge is 0.254 e. The molecule has 166 valence electrons. The van der Waals surface area contributed by atoms with Crippen LogP contribution in [0.2, 0.25) is 15.1 Å². The third-order valence-corrected chi connectivity index (χ3v) is 7.89. The van der Waals surface area contributed by atoms with Crippen LogP contribution in [0.25, 0.3) is 0 Å². The van der Waals surface area contributed by atoms with Crippen LogP contribution in [0, 0.1) is 24.2 Å². The third-order valence-electron chi connectivity index (χ3n) is 5.72. The molecule has 2 fully saturated rings. The lowest BCUT2D eigenvalue weighted by molar-refractivity contribution is -0.117. The van der Waals surface area contributed by atoms with Gasteiger partial charge in [-0.1, -0.05) is 40.9 Å². The summed E-state index contributed by atoms with van der Waals surface area (Å²) in [6.45, 7) is 1.80. The molecule has 2 atom stereocenters. The van der Waals surface area contributed by atoms with Gasteiger partial charge in [-0.15, -0.1) is 23.2 Å². The summed E-state index contributed by atoms with van der Waals surface area (Å²) in [5.74, 6) is -2.10. The predicted octanol–water partition coefficient (Wildman–Crippen LogP) is 6.27. The van der Waals surface area contributed by atoms with Gasteiger partial charge in [0.1, 0.15) is 9.87 Å². The van der Waals surface area contributed by atoms with Crippen molar-refractivity contribution < 1.29 is 9.59 Å². The molecule has 32 heavy (non-hydrogen) atoms. The average molecular weight is 532 g/mol. The number of alkyl halides is 2. The number of halogens is 5. The number of carbonyl (C=O) groups excluding carboxylic acids is 2. The number of hydrogen-bond donors (Lipinski definition) is 2. The van der Waals surface area contributed by atoms with Gasteiger partial charge in [0.05, 0.1) is 32.6 Å². The molecule has 0 saturated heterocycles. The van der Waals surface area contributed by atoms with Crippen molar-refractivity contribution in [1.29, 1.82) is 5.26 Å². The lowest BCUT2D eigenvalue weighted by Crippen LogP contribution is -2.35. The molecule has 0 radical (unpaired) electrons. The molecule has 0 unspecified atom stereocenters. The van der Waals surface area contributed by atoms with E-state index in [0.717, 1.165) is 5.56 Å². The van der Waals surface area contributed by atoms with Crippen LogP contribution in [0.1, 0.15) is 40.2 Å². The van der Waals surface area contributed by atoms with Crippen LogP contribution in [0.3, 0.4) is 0 Å². The SMILES string of the molecule is Cc1cc([C@@H]2[C@@H](C(=O)Nc3ccc(Cl)c(C(=O)NC4(C#N)CC4)c3)C2(Cl)Cl)cc(Cl)c1Cl. The first-order chi connectivity index (χ1) is 15.0. The van der Waals surface area contributed by atoms with Crippen molar-refractivity contribution in [2.45, 2.75) is 35.6 Å². The minimum Gasteiger partial charge on any atom is -0.334 e. The maximum Gasteiger partial charge on any atom is 0.254 e. The van der Waals surface area contributed by atoms with Gasteiger partial charge in [0.25, 0.3) is 5.91 Å². The number of nitriles is 1. The Morgan fingerprint density at radius 1 is 1.09 bits per heavy atom. The van der Waals surface area contributed by atoms with Crippen molar-refractivity contribution >= 4 is 75.5 Å². The molecular formula is C22H16Cl5N3O2. The molecule has 2 saturated carbocycles. The Hall–Kier alpha value is -1.68. The number of nitrogens with zero attached hydrogens (tertiary/aromatic N) is 1. The van der Waals surface area contributed by atoms with E-state index in [1.54, 1.807) is 25.1 Å². The highest BCUT2D eigenvalue weighted by Crippen LogP contribution is 2.65. The van der Waals surface area contributed by atoms with E-state index in [1.165, 1.54) is 12.1 Å². The fraction of sp³-hybridized carbons (Fsp3) is 0.318. The van der Waals surface area contributed by atoms with Crippen molar-refractivity contribution in [2.24, 2.45) is 5.92 Å². The number of benzene rings is 2. The molecular weight excluding hydrogens is 516 g/mol. The van der Waals surface area contributed by atoms with E-state index in [9.17, 15) is 14.9 Å². The van der Waals surface area contributed by atoms with Crippen LogP contribution in [0.15, 0.2) is 30.3 Å². The highest BCUT2D eigenvalue weighted by atomic mass is 35.5. The first-order valence-corrected chi connectivity index (χ1v) is 11.6. The fourth-order valence-electron chi connectivity index (χ4n) is 3.67. The predicted molar refractivity (Wildman–Crippen MR) is 127 cm³/mol. The van der Waals surface area contributed by atoms with Gasteiger partial charge in [0, 0.05) is 11.6 Å². The first-order valence-electron chi connectivity index (χ1n) is 9.66. The van der Waals surface area contributed by atoms with Gasteiger partial charge in [0.15, 0.2) is 0 Å². The molecule has 2 N–H and O–H groups in total. The van der Waals surface area contributed by atoms with Gasteiger partial charge in [-0.25, -0.2) is 0 Å². The molecule has 2 aromatic carbocycles. The fourth-order valence-corrected chi connectivity index (χ4v) is 5.09. The second-order valence-electron chi connectivity index (χ2n) is 8.10. The van der Waals surface area contributed by atoms with E-state index in [0.29, 0.717) is 34.1 Å². The maximum absolute atomic E-state index is 12.9. The summed E-state index contributed by atoms with van der Waals surface area (Å²) in [7, 11) is 0. The molecule has 10 heteroatoms. The van der Waals surface area contributed by atoms with Crippen molar-refractivity contribution in [3.05, 3.63) is 62.1 Å². The number of aryl methyl sites for hydroxylation is 1. The quantitative estimate of drug-likeness (QED) is 0.447. The van der Waals surface area contributed by atoms with E-state index >= 15 is 0 Å². The zero-order valence-electron chi connectivity index (χ0n) is 16.6. The van der Waals surface area contributed by atoms with Crippen LogP contribution in [-0.4, -0.2) is 21.7 Å². The second kappa shape index (κ2) is 8.27. The van der Waals surface area contributed by atoms with Crippen LogP contribution >= 0.6 is 58.0 Å². The van der Waals surface area contributed by atoms with Crippen molar-refractivity contribution in [3.8, 4) is 6.07 Å². The van der Waals surface area contributed by atoms with Gasteiger partial charge in [0.2, 0.25) is 5.91 Å². The van der Waals surface area contributed by atoms with E-state index in [4.69, 9.17) is 58.0 Å². The van der Waals surface area contributed by atoms with Crippen LogP contribution in [0.4, 0.5) is 5.69 Å². The molecule has 0 aromatic heterocycles. The average Bonchev–Trinajstić information content (AvgIpc) is 3.62. The third kappa shape index (κ3) is 4.27. The Morgan fingerprint density at radius 2 is 1.78 bits per heavy atom. The molecule has 0 bridgehead atoms. The summed E-state index contributed by atoms with van der Waals surface area (Å²) in [5.41, 5.74) is 1.14. The second-order valence-corrected chi connectivity index (χ2v) is 10.7. The highest BCUT2D eigenvalue weighted by molar-refractivity contribution is 6.53. The summed E-state index contributed by atoms with van der Waals surface area (Å²) < 4.78 is -1.31. The molecule has 2 aliphatic carbocycles. The Kier molecular flexibility index (Phi) is 6.07. The van der Waals surface area contributed by atoms with Crippen LogP contribution < -0.4 is 10.6 Å². The number of nitrogens with one attached hydrogen (secondary N) is 2. The van der Waals surface area contributed by atoms with Gasteiger partial charge in [-0.05, 0) is 55.2 Å². The van der Waals surface area contributed by atoms with Gasteiger partial charge >= 0.3 is 0 Å². The Labute approximate surface area is 209 Å². The van der Waals surface area contributed by atoms with Gasteiger partial charge in [-0.3, -0.25) is 9.59 Å². The van der Waals surface area contributed by atoms with Gasteiger partial charge < -0.3 is 10.6 Å². The Morgan fingerprint density at radius 3 is 2.38 bits per heavy atom. The summed E-state index contributed by atoms with van der Waals surface area (Å²) in [5, 5.41) is 15.6. The number of carbonyl (C=O) groups is 2. The van der Waals surface area contributed by atoms with E-state index in [-0.39, 0.29) is 10.6 Å². The monoisotopic (exact) mass is 529 g/mol. The van der Waals surface area contributed by atoms with Crippen molar-refractivity contribution in [3.63, 3.8) is 0 Å². The van der Waals surface area contributed by atoms with E-state index in [1.807, 2.05) is 0 Å². The molecule has 2 aromatic rings. The lowest BCUT2D eigenvalue weighted by atomic mass is 10.1. The number of anilines is 1. The largest absolute Gasteiger partial charge is 0.334 e. The topological polar surface area (TPSA) is 82.0 Å². The number of amides is 2. The zero-order chi connectivity index (χ0) is 23.4. The highest BCUT2D eigenvalue weighted by Gasteiger charge is 2.67. The van der Waals surface area contributed by atoms with Crippen LogP contribution in [0.5, 0.6) is 0 Å². The normalized spacial score (nSPS) is 21.9. The standard InChI is InChI=1S/C22H16Cl5N3O2/c1-10-6-11(7-15(24)18(10)25)16-17(22(16,26)27)20(32)29-12-2-3-14(23)13(8-12)19(31)30-21(9-28)4-5-21/h2-3,6-8,16-17H,4-5H2,1H3,(H,29,32)(H,30,31)/t16-,17+/m1/s1. The lowest BCUT2D eigenvalue weighted by Gasteiger charge is -2.12. The Bertz CT molecular complexity index is 1160. The van der Waals surface area contributed by atoms with Crippen molar-refractivity contribution in [1.82, 2.24) is 5.32 Å². The first kappa shape index (κ1) is 23.5. The summed E-state index contributed by atoms with van der Waals surface area (Å²) in [4.78, 5) is 25.5. The molecule has 5 nitrogen and oxygen atoms in total. The summed E-state index contributed by atoms with van der Waals surface area (Å²) >= 11 is 31.3. The maximum atomic E-state index is 12.9. The minimum absolute atomic E-state index is 0.154. The van der Waals surface area contributed by atoms with Crippen LogP contribution in [-0.2, 0) is 4.79 Å². The van der Waals surface area contributed by atoms with E-state index < -0.39 is 33.5 Å². The molecule has 0 spiro atoms.